The van der Waals surface area contributed by atoms with Crippen molar-refractivity contribution in [2.24, 2.45) is 0 Å². The molecule has 0 saturated carbocycles. The molecule has 0 aliphatic carbocycles. The molecule has 1 aromatic heterocycles. The van der Waals surface area contributed by atoms with E-state index in [1.807, 2.05) is 6.07 Å². The summed E-state index contributed by atoms with van der Waals surface area (Å²) in [4.78, 5) is 0. The molecule has 0 spiro atoms. The lowest BCUT2D eigenvalue weighted by molar-refractivity contribution is 0.425. The second-order valence-electron chi connectivity index (χ2n) is 5.37. The van der Waals surface area contributed by atoms with Crippen molar-refractivity contribution < 1.29 is 5.11 Å². The first-order valence-corrected chi connectivity index (χ1v) is 6.84. The van der Waals surface area contributed by atoms with Gasteiger partial charge in [-0.2, -0.15) is 5.10 Å². The van der Waals surface area contributed by atoms with Crippen molar-refractivity contribution in [1.29, 1.82) is 0 Å². The molecule has 1 heterocycles. The zero-order valence-electron chi connectivity index (χ0n) is 12.4. The number of nitrogens with zero attached hydrogens (tertiary/aromatic N) is 2. The minimum atomic E-state index is 0.273. The third-order valence-corrected chi connectivity index (χ3v) is 3.62. The summed E-state index contributed by atoms with van der Waals surface area (Å²) in [6, 6.07) is 6.12. The number of aromatic nitrogens is 2. The monoisotopic (exact) mass is 258 g/mol. The van der Waals surface area contributed by atoms with Crippen molar-refractivity contribution in [3.8, 4) is 11.6 Å². The molecule has 19 heavy (non-hydrogen) atoms. The lowest BCUT2D eigenvalue weighted by Crippen LogP contribution is -1.98. The Hall–Kier alpha value is -1.77. The Morgan fingerprint density at radius 2 is 1.89 bits per heavy atom. The normalized spacial score (nSPS) is 11.3. The SMILES string of the molecule is CCc1nn(-c2ccc(C)c(C)c2)c(O)c1C(C)C. The third-order valence-electron chi connectivity index (χ3n) is 3.62. The van der Waals surface area contributed by atoms with E-state index in [0.717, 1.165) is 23.4 Å². The topological polar surface area (TPSA) is 38.0 Å². The van der Waals surface area contributed by atoms with Crippen molar-refractivity contribution >= 4 is 0 Å². The second kappa shape index (κ2) is 5.08. The van der Waals surface area contributed by atoms with E-state index in [-0.39, 0.29) is 11.8 Å². The van der Waals surface area contributed by atoms with E-state index in [0.29, 0.717) is 0 Å². The zero-order chi connectivity index (χ0) is 14.2. The maximum absolute atomic E-state index is 10.4. The quantitative estimate of drug-likeness (QED) is 0.907. The average molecular weight is 258 g/mol. The van der Waals surface area contributed by atoms with Gasteiger partial charge in [-0.3, -0.25) is 0 Å². The van der Waals surface area contributed by atoms with Crippen LogP contribution in [0.4, 0.5) is 0 Å². The van der Waals surface area contributed by atoms with Crippen LogP contribution in [0.2, 0.25) is 0 Å². The van der Waals surface area contributed by atoms with E-state index in [9.17, 15) is 5.11 Å². The highest BCUT2D eigenvalue weighted by Gasteiger charge is 2.19. The molecule has 0 bridgehead atoms. The summed E-state index contributed by atoms with van der Waals surface area (Å²) in [5, 5.41) is 15.0. The van der Waals surface area contributed by atoms with Gasteiger partial charge >= 0.3 is 0 Å². The van der Waals surface area contributed by atoms with Gasteiger partial charge in [-0.15, -0.1) is 0 Å². The van der Waals surface area contributed by atoms with E-state index in [1.165, 1.54) is 11.1 Å². The van der Waals surface area contributed by atoms with Crippen LogP contribution < -0.4 is 0 Å². The molecule has 1 N–H and O–H groups in total. The summed E-state index contributed by atoms with van der Waals surface area (Å²) >= 11 is 0. The second-order valence-corrected chi connectivity index (χ2v) is 5.37. The van der Waals surface area contributed by atoms with Crippen molar-refractivity contribution in [1.82, 2.24) is 9.78 Å². The molecular formula is C16H22N2O. The van der Waals surface area contributed by atoms with Gasteiger partial charge in [0.05, 0.1) is 11.4 Å². The van der Waals surface area contributed by atoms with Gasteiger partial charge in [-0.25, -0.2) is 4.68 Å². The molecule has 0 radical (unpaired) electrons. The fourth-order valence-corrected chi connectivity index (χ4v) is 2.36. The van der Waals surface area contributed by atoms with Crippen LogP contribution in [0.5, 0.6) is 5.88 Å². The number of aryl methyl sites for hydroxylation is 3. The van der Waals surface area contributed by atoms with Crippen LogP contribution in [0.1, 0.15) is 49.1 Å². The third kappa shape index (κ3) is 2.37. The summed E-state index contributed by atoms with van der Waals surface area (Å²) in [5.41, 5.74) is 5.31. The Kier molecular flexibility index (Phi) is 3.65. The number of hydrogen-bond acceptors (Lipinski definition) is 2. The molecule has 2 rings (SSSR count). The van der Waals surface area contributed by atoms with E-state index in [4.69, 9.17) is 0 Å². The summed E-state index contributed by atoms with van der Waals surface area (Å²) in [6.45, 7) is 10.4. The molecular weight excluding hydrogens is 236 g/mol. The summed E-state index contributed by atoms with van der Waals surface area (Å²) in [5.74, 6) is 0.547. The van der Waals surface area contributed by atoms with E-state index in [1.54, 1.807) is 4.68 Å². The van der Waals surface area contributed by atoms with Crippen LogP contribution in [-0.4, -0.2) is 14.9 Å². The van der Waals surface area contributed by atoms with E-state index < -0.39 is 0 Å². The predicted octanol–water partition coefficient (Wildman–Crippen LogP) is 3.88. The highest BCUT2D eigenvalue weighted by molar-refractivity contribution is 5.45. The number of benzene rings is 1. The van der Waals surface area contributed by atoms with Crippen molar-refractivity contribution in [2.75, 3.05) is 0 Å². The highest BCUT2D eigenvalue weighted by Crippen LogP contribution is 2.31. The smallest absolute Gasteiger partial charge is 0.217 e. The summed E-state index contributed by atoms with van der Waals surface area (Å²) in [6.07, 6.45) is 0.832. The largest absolute Gasteiger partial charge is 0.493 e. The van der Waals surface area contributed by atoms with Gasteiger partial charge < -0.3 is 5.11 Å². The maximum Gasteiger partial charge on any atom is 0.217 e. The molecule has 3 nitrogen and oxygen atoms in total. The fourth-order valence-electron chi connectivity index (χ4n) is 2.36. The molecule has 0 fully saturated rings. The molecule has 3 heteroatoms. The van der Waals surface area contributed by atoms with Crippen LogP contribution in [0, 0.1) is 13.8 Å². The minimum absolute atomic E-state index is 0.273. The number of hydrogen-bond donors (Lipinski definition) is 1. The summed E-state index contributed by atoms with van der Waals surface area (Å²) < 4.78 is 1.65. The molecule has 0 aliphatic heterocycles. The van der Waals surface area contributed by atoms with Crippen molar-refractivity contribution in [3.63, 3.8) is 0 Å². The van der Waals surface area contributed by atoms with Crippen molar-refractivity contribution in [2.45, 2.75) is 47.0 Å². The molecule has 1 aromatic carbocycles. The van der Waals surface area contributed by atoms with Crippen LogP contribution in [0.25, 0.3) is 5.69 Å². The zero-order valence-corrected chi connectivity index (χ0v) is 12.4. The molecule has 0 amide bonds. The van der Waals surface area contributed by atoms with E-state index >= 15 is 0 Å². The van der Waals surface area contributed by atoms with Gasteiger partial charge in [-0.05, 0) is 49.4 Å². The number of aromatic hydroxyl groups is 1. The Morgan fingerprint density at radius 3 is 2.37 bits per heavy atom. The predicted molar refractivity (Wildman–Crippen MR) is 78.2 cm³/mol. The molecule has 0 unspecified atom stereocenters. The highest BCUT2D eigenvalue weighted by atomic mass is 16.3. The van der Waals surface area contributed by atoms with Gasteiger partial charge in [0.1, 0.15) is 0 Å². The van der Waals surface area contributed by atoms with Crippen LogP contribution in [0.3, 0.4) is 0 Å². The molecule has 2 aromatic rings. The minimum Gasteiger partial charge on any atom is -0.493 e. The van der Waals surface area contributed by atoms with Gasteiger partial charge in [0, 0.05) is 5.56 Å². The first-order chi connectivity index (χ1) is 8.95. The lowest BCUT2D eigenvalue weighted by atomic mass is 10.0. The first kappa shape index (κ1) is 13.7. The molecule has 0 atom stereocenters. The number of rotatable bonds is 3. The Labute approximate surface area is 114 Å². The lowest BCUT2D eigenvalue weighted by Gasteiger charge is -2.08. The van der Waals surface area contributed by atoms with Crippen LogP contribution >= 0.6 is 0 Å². The van der Waals surface area contributed by atoms with Gasteiger partial charge in [0.2, 0.25) is 5.88 Å². The van der Waals surface area contributed by atoms with Crippen LogP contribution in [0.15, 0.2) is 18.2 Å². The first-order valence-electron chi connectivity index (χ1n) is 6.84. The molecule has 0 saturated heterocycles. The van der Waals surface area contributed by atoms with Gasteiger partial charge in [-0.1, -0.05) is 26.8 Å². The van der Waals surface area contributed by atoms with Gasteiger partial charge in [0.25, 0.3) is 0 Å². The Morgan fingerprint density at radius 1 is 1.21 bits per heavy atom. The Bertz CT molecular complexity index is 597. The standard InChI is InChI=1S/C16H22N2O/c1-6-14-15(10(2)3)16(19)18(17-14)13-8-7-11(4)12(5)9-13/h7-10,19H,6H2,1-5H3. The van der Waals surface area contributed by atoms with E-state index in [2.05, 4.69) is 51.9 Å². The maximum atomic E-state index is 10.4. The van der Waals surface area contributed by atoms with Gasteiger partial charge in [0.15, 0.2) is 0 Å². The van der Waals surface area contributed by atoms with Crippen molar-refractivity contribution in [3.05, 3.63) is 40.6 Å². The molecule has 0 aliphatic rings. The fraction of sp³-hybridized carbons (Fsp3) is 0.438. The Balaban J connectivity index is 2.59. The molecule has 102 valence electrons. The van der Waals surface area contributed by atoms with Crippen LogP contribution in [-0.2, 0) is 6.42 Å². The summed E-state index contributed by atoms with van der Waals surface area (Å²) in [7, 11) is 0. The average Bonchev–Trinajstić information content (AvgIpc) is 2.70.